The predicted molar refractivity (Wildman–Crippen MR) is 126 cm³/mol. The number of nitrogens with zero attached hydrogens (tertiary/aromatic N) is 2. The first kappa shape index (κ1) is 23.9. The highest BCUT2D eigenvalue weighted by molar-refractivity contribution is 7.92. The first-order chi connectivity index (χ1) is 14.6. The van der Waals surface area contributed by atoms with Crippen LogP contribution in [0.15, 0.2) is 42.5 Å². The summed E-state index contributed by atoms with van der Waals surface area (Å²) in [6, 6.07) is 11.6. The Morgan fingerprint density at radius 2 is 1.68 bits per heavy atom. The van der Waals surface area contributed by atoms with Crippen LogP contribution in [0, 0.1) is 0 Å². The van der Waals surface area contributed by atoms with Gasteiger partial charge in [-0.2, -0.15) is 0 Å². The summed E-state index contributed by atoms with van der Waals surface area (Å²) in [6.07, 6.45) is 3.57. The van der Waals surface area contributed by atoms with E-state index in [0.717, 1.165) is 35.8 Å². The van der Waals surface area contributed by atoms with Crippen LogP contribution in [0.4, 0.5) is 5.69 Å². The second-order valence-electron chi connectivity index (χ2n) is 7.85. The minimum atomic E-state index is -3.73. The number of benzene rings is 2. The van der Waals surface area contributed by atoms with Gasteiger partial charge in [-0.25, -0.2) is 8.42 Å². The molecule has 1 atom stereocenters. The molecular formula is C22H27Cl2N3O3S. The van der Waals surface area contributed by atoms with E-state index in [1.54, 1.807) is 0 Å². The molecule has 2 aromatic rings. The molecular weight excluding hydrogens is 457 g/mol. The van der Waals surface area contributed by atoms with Gasteiger partial charge in [0.2, 0.25) is 15.9 Å². The minimum Gasteiger partial charge on any atom is -0.350 e. The Bertz CT molecular complexity index is 1020. The number of hydrogen-bond donors (Lipinski definition) is 1. The zero-order valence-electron chi connectivity index (χ0n) is 17.6. The molecule has 0 aromatic heterocycles. The Hall–Kier alpha value is -1.80. The van der Waals surface area contributed by atoms with Gasteiger partial charge in [0, 0.05) is 13.1 Å². The molecule has 0 saturated carbocycles. The molecule has 1 aliphatic heterocycles. The molecule has 3 rings (SSSR count). The lowest BCUT2D eigenvalue weighted by Gasteiger charge is -2.28. The second kappa shape index (κ2) is 10.2. The van der Waals surface area contributed by atoms with E-state index in [1.807, 2.05) is 12.1 Å². The zero-order chi connectivity index (χ0) is 22.6. The van der Waals surface area contributed by atoms with E-state index in [9.17, 15) is 13.2 Å². The fourth-order valence-electron chi connectivity index (χ4n) is 3.73. The van der Waals surface area contributed by atoms with Gasteiger partial charge in [-0.3, -0.25) is 14.0 Å². The first-order valence-corrected chi connectivity index (χ1v) is 12.8. The Kier molecular flexibility index (Phi) is 7.86. The molecule has 1 aliphatic rings. The zero-order valence-corrected chi connectivity index (χ0v) is 20.0. The van der Waals surface area contributed by atoms with Gasteiger partial charge in [0.25, 0.3) is 0 Å². The van der Waals surface area contributed by atoms with Crippen molar-refractivity contribution < 1.29 is 13.2 Å². The summed E-state index contributed by atoms with van der Waals surface area (Å²) in [6.45, 7) is 5.08. The van der Waals surface area contributed by atoms with Gasteiger partial charge in [-0.15, -0.1) is 0 Å². The van der Waals surface area contributed by atoms with E-state index < -0.39 is 22.0 Å². The molecule has 1 heterocycles. The summed E-state index contributed by atoms with van der Waals surface area (Å²) in [5.41, 5.74) is 2.48. The predicted octanol–water partition coefficient (Wildman–Crippen LogP) is 4.06. The summed E-state index contributed by atoms with van der Waals surface area (Å²) >= 11 is 12.0. The van der Waals surface area contributed by atoms with Gasteiger partial charge >= 0.3 is 0 Å². The number of rotatable bonds is 8. The van der Waals surface area contributed by atoms with Crippen molar-refractivity contribution in [2.45, 2.75) is 38.9 Å². The lowest BCUT2D eigenvalue weighted by Crippen LogP contribution is -2.47. The number of likely N-dealkylation sites (tertiary alicyclic amines) is 1. The highest BCUT2D eigenvalue weighted by atomic mass is 35.5. The third-order valence-corrected chi connectivity index (χ3v) is 7.32. The van der Waals surface area contributed by atoms with Gasteiger partial charge in [-0.1, -0.05) is 47.5 Å². The molecule has 0 bridgehead atoms. The molecule has 1 amide bonds. The molecule has 6 nitrogen and oxygen atoms in total. The third kappa shape index (κ3) is 6.35. The number of anilines is 1. The van der Waals surface area contributed by atoms with Crippen LogP contribution in [0.3, 0.4) is 0 Å². The summed E-state index contributed by atoms with van der Waals surface area (Å²) < 4.78 is 25.8. The van der Waals surface area contributed by atoms with Gasteiger partial charge in [0.1, 0.15) is 6.04 Å². The first-order valence-electron chi connectivity index (χ1n) is 10.2. The maximum absolute atomic E-state index is 12.7. The average molecular weight is 484 g/mol. The monoisotopic (exact) mass is 483 g/mol. The molecule has 9 heteroatoms. The van der Waals surface area contributed by atoms with E-state index in [4.69, 9.17) is 23.2 Å². The van der Waals surface area contributed by atoms with Gasteiger partial charge in [0.05, 0.1) is 22.0 Å². The molecule has 1 N–H and O–H groups in total. The quantitative estimate of drug-likeness (QED) is 0.614. The highest BCUT2D eigenvalue weighted by Gasteiger charge is 2.29. The van der Waals surface area contributed by atoms with Crippen molar-refractivity contribution in [1.29, 1.82) is 0 Å². The van der Waals surface area contributed by atoms with E-state index in [2.05, 4.69) is 22.3 Å². The Morgan fingerprint density at radius 1 is 1.06 bits per heavy atom. The topological polar surface area (TPSA) is 69.7 Å². The van der Waals surface area contributed by atoms with Crippen LogP contribution >= 0.6 is 23.2 Å². The van der Waals surface area contributed by atoms with Crippen LogP contribution in [-0.4, -0.2) is 44.6 Å². The van der Waals surface area contributed by atoms with Crippen LogP contribution in [0.2, 0.25) is 10.0 Å². The van der Waals surface area contributed by atoms with Crippen LogP contribution in [0.5, 0.6) is 0 Å². The highest BCUT2D eigenvalue weighted by Crippen LogP contribution is 2.29. The van der Waals surface area contributed by atoms with E-state index >= 15 is 0 Å². The van der Waals surface area contributed by atoms with Crippen LogP contribution in [0.25, 0.3) is 0 Å². The van der Waals surface area contributed by atoms with Crippen molar-refractivity contribution in [2.24, 2.45) is 0 Å². The van der Waals surface area contributed by atoms with E-state index in [1.165, 1.54) is 43.5 Å². The number of carbonyl (C=O) groups excluding carboxylic acids is 1. The molecule has 31 heavy (non-hydrogen) atoms. The molecule has 168 valence electrons. The molecule has 1 saturated heterocycles. The van der Waals surface area contributed by atoms with Gasteiger partial charge in [0.15, 0.2) is 0 Å². The summed E-state index contributed by atoms with van der Waals surface area (Å²) in [5.74, 6) is -0.405. The molecule has 1 fully saturated rings. The lowest BCUT2D eigenvalue weighted by atomic mass is 10.1. The molecule has 0 aliphatic carbocycles. The Morgan fingerprint density at radius 3 is 2.26 bits per heavy atom. The minimum absolute atomic E-state index is 0.217. The maximum atomic E-state index is 12.7. The molecule has 2 aromatic carbocycles. The number of carbonyl (C=O) groups is 1. The largest absolute Gasteiger partial charge is 0.350 e. The number of sulfonamides is 1. The number of amides is 1. The maximum Gasteiger partial charge on any atom is 0.243 e. The summed E-state index contributed by atoms with van der Waals surface area (Å²) in [5, 5.41) is 3.35. The SMILES string of the molecule is C[C@H](C(=O)NCc1ccc(CN2CCCC2)cc1)N(c1ccc(Cl)c(Cl)c1)S(C)(=O)=O. The summed E-state index contributed by atoms with van der Waals surface area (Å²) in [7, 11) is -3.73. The van der Waals surface area contributed by atoms with Crippen LogP contribution < -0.4 is 9.62 Å². The van der Waals surface area contributed by atoms with Crippen molar-refractivity contribution in [2.75, 3.05) is 23.7 Å². The van der Waals surface area contributed by atoms with Crippen molar-refractivity contribution in [3.63, 3.8) is 0 Å². The van der Waals surface area contributed by atoms with Gasteiger partial charge in [-0.05, 0) is 62.2 Å². The van der Waals surface area contributed by atoms with E-state index in [-0.39, 0.29) is 10.7 Å². The number of nitrogens with one attached hydrogen (secondary N) is 1. The fourth-order valence-corrected chi connectivity index (χ4v) is 5.19. The van der Waals surface area contributed by atoms with Crippen LogP contribution in [0.1, 0.15) is 30.9 Å². The third-order valence-electron chi connectivity index (χ3n) is 5.34. The van der Waals surface area contributed by atoms with Gasteiger partial charge < -0.3 is 5.32 Å². The van der Waals surface area contributed by atoms with Crippen molar-refractivity contribution in [3.8, 4) is 0 Å². The Balaban J connectivity index is 1.64. The second-order valence-corrected chi connectivity index (χ2v) is 10.5. The van der Waals surface area contributed by atoms with E-state index in [0.29, 0.717) is 11.6 Å². The molecule has 0 unspecified atom stereocenters. The standard InChI is InChI=1S/C22H27Cl2N3O3S/c1-16(27(31(2,29)30)19-9-10-20(23)21(24)13-19)22(28)25-14-17-5-7-18(8-6-17)15-26-11-3-4-12-26/h5-10,13,16H,3-4,11-12,14-15H2,1-2H3,(H,25,28)/t16-/m1/s1. The Labute approximate surface area is 194 Å². The number of hydrogen-bond acceptors (Lipinski definition) is 4. The van der Waals surface area contributed by atoms with Crippen molar-refractivity contribution in [3.05, 3.63) is 63.6 Å². The van der Waals surface area contributed by atoms with Crippen molar-refractivity contribution >= 4 is 44.8 Å². The molecule has 0 spiro atoms. The normalized spacial score (nSPS) is 15.6. The number of halogens is 2. The smallest absolute Gasteiger partial charge is 0.243 e. The van der Waals surface area contributed by atoms with Crippen molar-refractivity contribution in [1.82, 2.24) is 10.2 Å². The fraction of sp³-hybridized carbons (Fsp3) is 0.409. The van der Waals surface area contributed by atoms with Crippen LogP contribution in [-0.2, 0) is 27.9 Å². The summed E-state index contributed by atoms with van der Waals surface area (Å²) in [4.78, 5) is 15.2. The molecule has 0 radical (unpaired) electrons. The average Bonchev–Trinajstić information content (AvgIpc) is 3.22. The lowest BCUT2D eigenvalue weighted by molar-refractivity contribution is -0.122.